The van der Waals surface area contributed by atoms with Gasteiger partial charge in [-0.3, -0.25) is 4.79 Å². The van der Waals surface area contributed by atoms with Gasteiger partial charge in [-0.2, -0.15) is 0 Å². The van der Waals surface area contributed by atoms with E-state index >= 15 is 0 Å². The van der Waals surface area contributed by atoms with Crippen molar-refractivity contribution in [3.63, 3.8) is 0 Å². The first-order chi connectivity index (χ1) is 13.7. The number of ether oxygens (including phenoxy) is 3. The highest BCUT2D eigenvalue weighted by atomic mass is 16.7. The molecule has 1 aromatic carbocycles. The van der Waals surface area contributed by atoms with Gasteiger partial charge in [0.15, 0.2) is 17.2 Å². The van der Waals surface area contributed by atoms with E-state index in [2.05, 4.69) is 10.5 Å². The molecule has 1 amide bonds. The second kappa shape index (κ2) is 8.34. The molecule has 1 aliphatic rings. The maximum Gasteiger partial charge on any atom is 0.361 e. The topological polar surface area (TPSA) is 99.9 Å². The Kier molecular flexibility index (Phi) is 6.04. The summed E-state index contributed by atoms with van der Waals surface area (Å²) in [5.74, 6) is -2.05. The molecular formula is C21H26N2O6. The van der Waals surface area contributed by atoms with E-state index in [4.69, 9.17) is 18.7 Å². The maximum atomic E-state index is 12.5. The van der Waals surface area contributed by atoms with Gasteiger partial charge < -0.3 is 24.1 Å². The van der Waals surface area contributed by atoms with Gasteiger partial charge in [-0.1, -0.05) is 37.2 Å². The highest BCUT2D eigenvalue weighted by Gasteiger charge is 2.45. The number of nitrogens with one attached hydrogen (secondary N) is 1. The monoisotopic (exact) mass is 402 g/mol. The van der Waals surface area contributed by atoms with Gasteiger partial charge in [0.25, 0.3) is 0 Å². The van der Waals surface area contributed by atoms with Crippen LogP contribution in [-0.2, 0) is 31.2 Å². The molecule has 29 heavy (non-hydrogen) atoms. The van der Waals surface area contributed by atoms with Gasteiger partial charge in [-0.25, -0.2) is 4.79 Å². The number of carbonyl (C=O) groups is 2. The summed E-state index contributed by atoms with van der Waals surface area (Å²) in [5, 5.41) is 6.65. The van der Waals surface area contributed by atoms with E-state index in [-0.39, 0.29) is 41.4 Å². The molecule has 1 aliphatic heterocycles. The molecule has 2 aromatic rings. The average molecular weight is 402 g/mol. The number of hydrogen-bond donors (Lipinski definition) is 1. The van der Waals surface area contributed by atoms with Crippen molar-refractivity contribution in [2.45, 2.75) is 39.9 Å². The third kappa shape index (κ3) is 4.83. The summed E-state index contributed by atoms with van der Waals surface area (Å²) in [6.07, 6.45) is -0.137. The Morgan fingerprint density at radius 3 is 2.41 bits per heavy atom. The number of nitrogens with zero attached hydrogens (tertiary/aromatic N) is 1. The van der Waals surface area contributed by atoms with Crippen LogP contribution >= 0.6 is 0 Å². The van der Waals surface area contributed by atoms with Crippen LogP contribution in [0.25, 0.3) is 0 Å². The first kappa shape index (κ1) is 21.0. The Morgan fingerprint density at radius 1 is 1.14 bits per heavy atom. The molecule has 1 saturated heterocycles. The van der Waals surface area contributed by atoms with E-state index in [0.29, 0.717) is 18.9 Å². The summed E-state index contributed by atoms with van der Waals surface area (Å²) in [5.41, 5.74) is 0.722. The molecule has 0 radical (unpaired) electrons. The molecule has 1 N–H and O–H groups in total. The third-order valence-electron chi connectivity index (χ3n) is 4.54. The Morgan fingerprint density at radius 2 is 1.79 bits per heavy atom. The number of rotatable bonds is 6. The number of carbonyl (C=O) groups excluding carboxylic acids is 2. The summed E-state index contributed by atoms with van der Waals surface area (Å²) >= 11 is 0. The summed E-state index contributed by atoms with van der Waals surface area (Å²) < 4.78 is 22.4. The highest BCUT2D eigenvalue weighted by Crippen LogP contribution is 2.39. The molecule has 0 aliphatic carbocycles. The molecular weight excluding hydrogens is 376 g/mol. The molecule has 0 unspecified atom stereocenters. The van der Waals surface area contributed by atoms with Gasteiger partial charge in [0.1, 0.15) is 0 Å². The minimum Gasteiger partial charge on any atom is -0.461 e. The number of amides is 1. The van der Waals surface area contributed by atoms with Gasteiger partial charge in [0.05, 0.1) is 31.8 Å². The van der Waals surface area contributed by atoms with Gasteiger partial charge >= 0.3 is 5.97 Å². The number of hydrogen-bond acceptors (Lipinski definition) is 7. The third-order valence-corrected chi connectivity index (χ3v) is 4.54. The van der Waals surface area contributed by atoms with Crippen LogP contribution in [0.3, 0.4) is 0 Å². The lowest BCUT2D eigenvalue weighted by Gasteiger charge is -2.41. The van der Waals surface area contributed by atoms with E-state index in [1.54, 1.807) is 26.0 Å². The van der Waals surface area contributed by atoms with Crippen LogP contribution in [0.2, 0.25) is 0 Å². The smallest absolute Gasteiger partial charge is 0.361 e. The predicted octanol–water partition coefficient (Wildman–Crippen LogP) is 3.28. The van der Waals surface area contributed by atoms with Crippen molar-refractivity contribution in [3.05, 3.63) is 47.3 Å². The second-order valence-corrected chi connectivity index (χ2v) is 7.83. The molecule has 3 rings (SSSR count). The molecule has 8 nitrogen and oxygen atoms in total. The van der Waals surface area contributed by atoms with E-state index in [1.807, 2.05) is 32.0 Å². The fourth-order valence-electron chi connectivity index (χ4n) is 3.02. The van der Waals surface area contributed by atoms with Crippen LogP contribution in [-0.4, -0.2) is 36.9 Å². The number of para-hydroxylation sites is 1. The first-order valence-corrected chi connectivity index (χ1v) is 9.53. The second-order valence-electron chi connectivity index (χ2n) is 7.83. The van der Waals surface area contributed by atoms with Gasteiger partial charge in [0, 0.05) is 11.1 Å². The number of aromatic nitrogens is 1. The van der Waals surface area contributed by atoms with Crippen LogP contribution < -0.4 is 5.32 Å². The van der Waals surface area contributed by atoms with Crippen LogP contribution in [0, 0.1) is 5.41 Å². The summed E-state index contributed by atoms with van der Waals surface area (Å²) in [4.78, 5) is 24.9. The van der Waals surface area contributed by atoms with E-state index in [9.17, 15) is 9.59 Å². The zero-order valence-corrected chi connectivity index (χ0v) is 17.1. The number of anilines is 1. The standard InChI is InChI=1S/C21H26N2O6/c1-5-26-19(25)18-17(21(4)27-12-20(2,3)13-28-21)15(29-23-18)11-16(24)22-14-9-7-6-8-10-14/h6-10H,5,11-13H2,1-4H3,(H,22,24). The van der Waals surface area contributed by atoms with Crippen molar-refractivity contribution in [2.75, 3.05) is 25.1 Å². The normalized spacial score (nSPS) is 17.5. The average Bonchev–Trinajstić information content (AvgIpc) is 3.10. The summed E-state index contributed by atoms with van der Waals surface area (Å²) in [6, 6.07) is 9.05. The van der Waals surface area contributed by atoms with Crippen molar-refractivity contribution in [1.82, 2.24) is 5.16 Å². The first-order valence-electron chi connectivity index (χ1n) is 9.53. The van der Waals surface area contributed by atoms with Crippen LogP contribution in [0.1, 0.15) is 49.5 Å². The van der Waals surface area contributed by atoms with Crippen LogP contribution in [0.4, 0.5) is 5.69 Å². The fourth-order valence-corrected chi connectivity index (χ4v) is 3.02. The van der Waals surface area contributed by atoms with Gasteiger partial charge in [-0.05, 0) is 26.0 Å². The van der Waals surface area contributed by atoms with Crippen LogP contribution in [0.5, 0.6) is 0 Å². The Hall–Kier alpha value is -2.71. The minimum atomic E-state index is -1.28. The fraction of sp³-hybridized carbons (Fsp3) is 0.476. The zero-order valence-electron chi connectivity index (χ0n) is 17.1. The van der Waals surface area contributed by atoms with Crippen molar-refractivity contribution >= 4 is 17.6 Å². The molecule has 0 bridgehead atoms. The molecule has 8 heteroatoms. The van der Waals surface area contributed by atoms with Crippen molar-refractivity contribution in [3.8, 4) is 0 Å². The molecule has 2 heterocycles. The highest BCUT2D eigenvalue weighted by molar-refractivity contribution is 5.93. The van der Waals surface area contributed by atoms with E-state index < -0.39 is 11.8 Å². The quantitative estimate of drug-likeness (QED) is 0.740. The van der Waals surface area contributed by atoms with E-state index in [0.717, 1.165) is 0 Å². The molecule has 1 fully saturated rings. The SMILES string of the molecule is CCOC(=O)c1noc(CC(=O)Nc2ccccc2)c1C1(C)OCC(C)(C)CO1. The van der Waals surface area contributed by atoms with E-state index in [1.165, 1.54) is 0 Å². The summed E-state index contributed by atoms with van der Waals surface area (Å²) in [7, 11) is 0. The van der Waals surface area contributed by atoms with Crippen LogP contribution in [0.15, 0.2) is 34.9 Å². The molecule has 0 spiro atoms. The Labute approximate surface area is 169 Å². The maximum absolute atomic E-state index is 12.5. The van der Waals surface area contributed by atoms with Crippen molar-refractivity contribution in [2.24, 2.45) is 5.41 Å². The molecule has 0 saturated carbocycles. The predicted molar refractivity (Wildman–Crippen MR) is 104 cm³/mol. The lowest BCUT2D eigenvalue weighted by molar-refractivity contribution is -0.298. The lowest BCUT2D eigenvalue weighted by atomic mass is 9.93. The largest absolute Gasteiger partial charge is 0.461 e. The molecule has 156 valence electrons. The molecule has 0 atom stereocenters. The van der Waals surface area contributed by atoms with Crippen molar-refractivity contribution in [1.29, 1.82) is 0 Å². The summed E-state index contributed by atoms with van der Waals surface area (Å²) in [6.45, 7) is 8.42. The minimum absolute atomic E-state index is 0.0448. The number of esters is 1. The van der Waals surface area contributed by atoms with Gasteiger partial charge in [-0.15, -0.1) is 0 Å². The zero-order chi connectivity index (χ0) is 21.1. The van der Waals surface area contributed by atoms with Gasteiger partial charge in [0.2, 0.25) is 5.91 Å². The molecule has 1 aromatic heterocycles. The number of benzene rings is 1. The lowest BCUT2D eigenvalue weighted by Crippen LogP contribution is -2.44. The van der Waals surface area contributed by atoms with Crippen molar-refractivity contribution < 1.29 is 28.3 Å². The Bertz CT molecular complexity index is 865. The Balaban J connectivity index is 1.89.